The fraction of sp³-hybridized carbons (Fsp3) is 0.364. The normalized spacial score (nSPS) is 12.5. The van der Waals surface area contributed by atoms with Crippen molar-refractivity contribution in [1.29, 1.82) is 0 Å². The minimum atomic E-state index is -0.936. The first-order valence-electron chi connectivity index (χ1n) is 4.59. The van der Waals surface area contributed by atoms with Gasteiger partial charge in [0.2, 0.25) is 0 Å². The summed E-state index contributed by atoms with van der Waals surface area (Å²) in [4.78, 5) is 10.7. The Kier molecular flexibility index (Phi) is 3.69. The second kappa shape index (κ2) is 4.62. The smallest absolute Gasteiger partial charge is 0.306 e. The van der Waals surface area contributed by atoms with Crippen molar-refractivity contribution in [2.45, 2.75) is 20.3 Å². The quantitative estimate of drug-likeness (QED) is 0.867. The Bertz CT molecular complexity index is 390. The van der Waals surface area contributed by atoms with Crippen molar-refractivity contribution < 1.29 is 14.3 Å². The maximum absolute atomic E-state index is 13.6. The summed E-state index contributed by atoms with van der Waals surface area (Å²) in [5.74, 6) is -2.06. The summed E-state index contributed by atoms with van der Waals surface area (Å²) < 4.78 is 13.6. The number of aliphatic carboxylic acids is 1. The van der Waals surface area contributed by atoms with Crippen LogP contribution in [0.15, 0.2) is 12.1 Å². The molecule has 0 saturated heterocycles. The van der Waals surface area contributed by atoms with Gasteiger partial charge < -0.3 is 5.11 Å². The van der Waals surface area contributed by atoms with E-state index in [1.165, 1.54) is 6.07 Å². The second-order valence-electron chi connectivity index (χ2n) is 3.60. The Morgan fingerprint density at radius 2 is 2.20 bits per heavy atom. The molecular formula is C11H12ClFO2. The molecule has 15 heavy (non-hydrogen) atoms. The summed E-state index contributed by atoms with van der Waals surface area (Å²) in [5, 5.41) is 8.77. The standard InChI is InChI=1S/C11H12ClFO2/c1-6-3-4-9(12)10(13)8(6)5-7(2)11(14)15/h3-4,7H,5H2,1-2H3,(H,14,15). The van der Waals surface area contributed by atoms with Crippen LogP contribution in [0.3, 0.4) is 0 Å². The molecule has 0 aliphatic heterocycles. The van der Waals surface area contributed by atoms with E-state index in [9.17, 15) is 9.18 Å². The molecule has 0 amide bonds. The van der Waals surface area contributed by atoms with E-state index in [4.69, 9.17) is 16.7 Å². The highest BCUT2D eigenvalue weighted by molar-refractivity contribution is 6.30. The SMILES string of the molecule is Cc1ccc(Cl)c(F)c1CC(C)C(=O)O. The molecule has 1 rings (SSSR count). The Morgan fingerprint density at radius 3 is 2.73 bits per heavy atom. The fourth-order valence-corrected chi connectivity index (χ4v) is 1.51. The molecule has 1 N–H and O–H groups in total. The molecule has 0 bridgehead atoms. The van der Waals surface area contributed by atoms with E-state index in [0.717, 1.165) is 5.56 Å². The molecule has 1 unspecified atom stereocenters. The highest BCUT2D eigenvalue weighted by Crippen LogP contribution is 2.23. The zero-order valence-corrected chi connectivity index (χ0v) is 9.31. The van der Waals surface area contributed by atoms with Crippen molar-refractivity contribution in [2.75, 3.05) is 0 Å². The van der Waals surface area contributed by atoms with Crippen molar-refractivity contribution in [3.05, 3.63) is 34.1 Å². The van der Waals surface area contributed by atoms with Gasteiger partial charge in [-0.25, -0.2) is 4.39 Å². The summed E-state index contributed by atoms with van der Waals surface area (Å²) in [7, 11) is 0. The van der Waals surface area contributed by atoms with Crippen LogP contribution >= 0.6 is 11.6 Å². The molecule has 2 nitrogen and oxygen atoms in total. The maximum Gasteiger partial charge on any atom is 0.306 e. The van der Waals surface area contributed by atoms with Gasteiger partial charge in [0.1, 0.15) is 5.82 Å². The lowest BCUT2D eigenvalue weighted by Gasteiger charge is -2.11. The number of carbonyl (C=O) groups is 1. The molecule has 1 aromatic rings. The Morgan fingerprint density at radius 1 is 1.60 bits per heavy atom. The van der Waals surface area contributed by atoms with Crippen LogP contribution in [0.5, 0.6) is 0 Å². The average Bonchev–Trinajstić information content (AvgIpc) is 2.18. The summed E-state index contributed by atoms with van der Waals surface area (Å²) in [6, 6.07) is 3.16. The van der Waals surface area contributed by atoms with Crippen LogP contribution in [0.2, 0.25) is 5.02 Å². The number of hydrogen-bond donors (Lipinski definition) is 1. The fourth-order valence-electron chi connectivity index (χ4n) is 1.33. The molecular weight excluding hydrogens is 219 g/mol. The molecule has 0 aliphatic rings. The molecule has 0 spiro atoms. The molecule has 0 aromatic heterocycles. The van der Waals surface area contributed by atoms with Gasteiger partial charge in [0, 0.05) is 0 Å². The summed E-state index contributed by atoms with van der Waals surface area (Å²) >= 11 is 5.63. The number of hydrogen-bond acceptors (Lipinski definition) is 1. The first-order valence-corrected chi connectivity index (χ1v) is 4.97. The molecule has 1 atom stereocenters. The maximum atomic E-state index is 13.6. The van der Waals surface area contributed by atoms with Crippen molar-refractivity contribution in [1.82, 2.24) is 0 Å². The van der Waals surface area contributed by atoms with Gasteiger partial charge >= 0.3 is 5.97 Å². The highest BCUT2D eigenvalue weighted by atomic mass is 35.5. The van der Waals surface area contributed by atoms with Crippen molar-refractivity contribution in [3.63, 3.8) is 0 Å². The third-order valence-corrected chi connectivity index (χ3v) is 2.65. The lowest BCUT2D eigenvalue weighted by atomic mass is 9.97. The number of rotatable bonds is 3. The van der Waals surface area contributed by atoms with Gasteiger partial charge in [-0.15, -0.1) is 0 Å². The summed E-state index contributed by atoms with van der Waals surface area (Å²) in [6.07, 6.45) is 0.160. The zero-order valence-electron chi connectivity index (χ0n) is 8.55. The minimum Gasteiger partial charge on any atom is -0.481 e. The summed E-state index contributed by atoms with van der Waals surface area (Å²) in [5.41, 5.74) is 1.11. The topological polar surface area (TPSA) is 37.3 Å². The van der Waals surface area contributed by atoms with E-state index in [2.05, 4.69) is 0 Å². The van der Waals surface area contributed by atoms with Gasteiger partial charge in [0.15, 0.2) is 0 Å². The van der Waals surface area contributed by atoms with Gasteiger partial charge in [0.05, 0.1) is 10.9 Å². The van der Waals surface area contributed by atoms with E-state index < -0.39 is 17.7 Å². The Balaban J connectivity index is 3.03. The zero-order chi connectivity index (χ0) is 11.6. The van der Waals surface area contributed by atoms with E-state index in [-0.39, 0.29) is 11.4 Å². The lowest BCUT2D eigenvalue weighted by molar-refractivity contribution is -0.141. The number of carboxylic acids is 1. The van der Waals surface area contributed by atoms with Crippen LogP contribution in [-0.4, -0.2) is 11.1 Å². The van der Waals surface area contributed by atoms with Gasteiger partial charge in [-0.05, 0) is 30.5 Å². The molecule has 0 radical (unpaired) electrons. The lowest BCUT2D eigenvalue weighted by Crippen LogP contribution is -2.14. The largest absolute Gasteiger partial charge is 0.481 e. The van der Waals surface area contributed by atoms with Gasteiger partial charge in [-0.2, -0.15) is 0 Å². The van der Waals surface area contributed by atoms with E-state index in [1.54, 1.807) is 19.9 Å². The van der Waals surface area contributed by atoms with Crippen LogP contribution in [0.25, 0.3) is 0 Å². The molecule has 0 saturated carbocycles. The van der Waals surface area contributed by atoms with Gasteiger partial charge in [-0.3, -0.25) is 4.79 Å². The van der Waals surface area contributed by atoms with Crippen LogP contribution in [0.4, 0.5) is 4.39 Å². The Labute approximate surface area is 92.7 Å². The van der Waals surface area contributed by atoms with Crippen LogP contribution < -0.4 is 0 Å². The molecule has 1 aromatic carbocycles. The number of aryl methyl sites for hydroxylation is 1. The average molecular weight is 231 g/mol. The monoisotopic (exact) mass is 230 g/mol. The third kappa shape index (κ3) is 2.69. The number of halogens is 2. The predicted molar refractivity (Wildman–Crippen MR) is 56.7 cm³/mol. The molecule has 4 heteroatoms. The number of carboxylic acid groups (broad SMARTS) is 1. The molecule has 82 valence electrons. The van der Waals surface area contributed by atoms with Crippen LogP contribution in [0.1, 0.15) is 18.1 Å². The first-order chi connectivity index (χ1) is 6.93. The predicted octanol–water partition coefficient (Wildman–Crippen LogP) is 3.05. The van der Waals surface area contributed by atoms with E-state index in [1.807, 2.05) is 0 Å². The van der Waals surface area contributed by atoms with Crippen molar-refractivity contribution in [3.8, 4) is 0 Å². The molecule has 0 heterocycles. The second-order valence-corrected chi connectivity index (χ2v) is 4.01. The Hall–Kier alpha value is -1.09. The third-order valence-electron chi connectivity index (χ3n) is 2.36. The minimum absolute atomic E-state index is 0.0354. The summed E-state index contributed by atoms with van der Waals surface area (Å²) in [6.45, 7) is 3.28. The van der Waals surface area contributed by atoms with Crippen molar-refractivity contribution in [2.24, 2.45) is 5.92 Å². The van der Waals surface area contributed by atoms with Crippen LogP contribution in [-0.2, 0) is 11.2 Å². The van der Waals surface area contributed by atoms with E-state index >= 15 is 0 Å². The first kappa shape index (κ1) is 12.0. The molecule has 0 aliphatic carbocycles. The van der Waals surface area contributed by atoms with Crippen molar-refractivity contribution >= 4 is 17.6 Å². The van der Waals surface area contributed by atoms with Gasteiger partial charge in [-0.1, -0.05) is 24.6 Å². The van der Waals surface area contributed by atoms with Gasteiger partial charge in [0.25, 0.3) is 0 Å². The van der Waals surface area contributed by atoms with E-state index in [0.29, 0.717) is 5.56 Å². The highest BCUT2D eigenvalue weighted by Gasteiger charge is 2.17. The number of benzene rings is 1. The molecule has 0 fully saturated rings. The van der Waals surface area contributed by atoms with Crippen LogP contribution in [0, 0.1) is 18.7 Å².